The van der Waals surface area contributed by atoms with Crippen LogP contribution in [0.25, 0.3) is 0 Å². The summed E-state index contributed by atoms with van der Waals surface area (Å²) in [6.45, 7) is 7.80. The Balaban J connectivity index is 1.71. The fourth-order valence-corrected chi connectivity index (χ4v) is 2.94. The Morgan fingerprint density at radius 3 is 2.94 bits per heavy atom. The molecule has 0 unspecified atom stereocenters. The molecule has 1 heterocycles. The van der Waals surface area contributed by atoms with Gasteiger partial charge in [-0.25, -0.2) is 0 Å². The van der Waals surface area contributed by atoms with Crippen molar-refractivity contribution in [1.29, 1.82) is 0 Å². The van der Waals surface area contributed by atoms with Gasteiger partial charge in [-0.2, -0.15) is 0 Å². The SMILES string of the molecule is CC1=CCC[C@H](C)[C@@H]1CNC[C@H]1CCCO1. The predicted octanol–water partition coefficient (Wildman–Crippen LogP) is 2.75. The minimum absolute atomic E-state index is 0.475. The molecule has 0 spiro atoms. The van der Waals surface area contributed by atoms with Gasteiger partial charge in [0.15, 0.2) is 0 Å². The number of allylic oxidation sites excluding steroid dienone is 1. The molecule has 1 N–H and O–H groups in total. The second kappa shape index (κ2) is 5.83. The smallest absolute Gasteiger partial charge is 0.0700 e. The molecule has 92 valence electrons. The molecule has 1 saturated heterocycles. The maximum atomic E-state index is 5.62. The highest BCUT2D eigenvalue weighted by molar-refractivity contribution is 5.09. The molecule has 1 fully saturated rings. The lowest BCUT2D eigenvalue weighted by molar-refractivity contribution is 0.109. The van der Waals surface area contributed by atoms with Gasteiger partial charge in [-0.05, 0) is 44.4 Å². The van der Waals surface area contributed by atoms with Crippen molar-refractivity contribution in [3.8, 4) is 0 Å². The summed E-state index contributed by atoms with van der Waals surface area (Å²) in [6, 6.07) is 0. The first-order chi connectivity index (χ1) is 7.77. The van der Waals surface area contributed by atoms with Gasteiger partial charge in [-0.1, -0.05) is 18.6 Å². The van der Waals surface area contributed by atoms with Crippen LogP contribution in [0, 0.1) is 11.8 Å². The summed E-state index contributed by atoms with van der Waals surface area (Å²) in [5, 5.41) is 3.59. The summed E-state index contributed by atoms with van der Waals surface area (Å²) in [4.78, 5) is 0. The largest absolute Gasteiger partial charge is 0.377 e. The van der Waals surface area contributed by atoms with Crippen molar-refractivity contribution in [2.45, 2.75) is 45.6 Å². The average molecular weight is 223 g/mol. The van der Waals surface area contributed by atoms with Crippen LogP contribution < -0.4 is 5.32 Å². The summed E-state index contributed by atoms with van der Waals surface area (Å²) >= 11 is 0. The topological polar surface area (TPSA) is 21.3 Å². The molecule has 0 amide bonds. The minimum atomic E-state index is 0.475. The maximum Gasteiger partial charge on any atom is 0.0700 e. The highest BCUT2D eigenvalue weighted by atomic mass is 16.5. The van der Waals surface area contributed by atoms with Gasteiger partial charge in [0.25, 0.3) is 0 Å². The van der Waals surface area contributed by atoms with E-state index in [9.17, 15) is 0 Å². The molecule has 16 heavy (non-hydrogen) atoms. The summed E-state index contributed by atoms with van der Waals surface area (Å²) in [7, 11) is 0. The zero-order valence-corrected chi connectivity index (χ0v) is 10.7. The predicted molar refractivity (Wildman–Crippen MR) is 67.5 cm³/mol. The Morgan fingerprint density at radius 2 is 2.25 bits per heavy atom. The Labute approximate surface area is 99.4 Å². The van der Waals surface area contributed by atoms with Gasteiger partial charge in [-0.3, -0.25) is 0 Å². The highest BCUT2D eigenvalue weighted by Gasteiger charge is 2.22. The van der Waals surface area contributed by atoms with Crippen LogP contribution >= 0.6 is 0 Å². The molecule has 2 aliphatic rings. The molecule has 1 aliphatic heterocycles. The van der Waals surface area contributed by atoms with Crippen molar-refractivity contribution in [3.63, 3.8) is 0 Å². The second-order valence-corrected chi connectivity index (χ2v) is 5.40. The third kappa shape index (κ3) is 3.08. The van der Waals surface area contributed by atoms with Crippen molar-refractivity contribution in [3.05, 3.63) is 11.6 Å². The molecule has 0 aromatic heterocycles. The van der Waals surface area contributed by atoms with Gasteiger partial charge in [0.2, 0.25) is 0 Å². The average Bonchev–Trinajstić information content (AvgIpc) is 2.75. The van der Waals surface area contributed by atoms with Crippen molar-refractivity contribution in [2.24, 2.45) is 11.8 Å². The molecule has 0 radical (unpaired) electrons. The summed E-state index contributed by atoms with van der Waals surface area (Å²) in [5.74, 6) is 1.58. The van der Waals surface area contributed by atoms with Crippen LogP contribution in [0.5, 0.6) is 0 Å². The number of nitrogens with one attached hydrogen (secondary N) is 1. The van der Waals surface area contributed by atoms with E-state index in [1.165, 1.54) is 25.7 Å². The number of hydrogen-bond acceptors (Lipinski definition) is 2. The fraction of sp³-hybridized carbons (Fsp3) is 0.857. The molecule has 0 aromatic rings. The monoisotopic (exact) mass is 223 g/mol. The lowest BCUT2D eigenvalue weighted by Crippen LogP contribution is -2.34. The second-order valence-electron chi connectivity index (χ2n) is 5.40. The number of rotatable bonds is 4. The van der Waals surface area contributed by atoms with Gasteiger partial charge in [0.05, 0.1) is 6.10 Å². The van der Waals surface area contributed by atoms with Crippen LogP contribution in [0.4, 0.5) is 0 Å². The van der Waals surface area contributed by atoms with E-state index in [0.717, 1.165) is 31.5 Å². The van der Waals surface area contributed by atoms with Crippen LogP contribution in [0.3, 0.4) is 0 Å². The van der Waals surface area contributed by atoms with E-state index in [2.05, 4.69) is 25.2 Å². The zero-order chi connectivity index (χ0) is 11.4. The quantitative estimate of drug-likeness (QED) is 0.740. The molecule has 0 bridgehead atoms. The maximum absolute atomic E-state index is 5.62. The van der Waals surface area contributed by atoms with Crippen LogP contribution in [-0.4, -0.2) is 25.8 Å². The summed E-state index contributed by atoms with van der Waals surface area (Å²) in [6.07, 6.45) is 7.99. The van der Waals surface area contributed by atoms with Crippen LogP contribution in [0.2, 0.25) is 0 Å². The number of ether oxygens (including phenoxy) is 1. The first-order valence-corrected chi connectivity index (χ1v) is 6.76. The molecule has 3 atom stereocenters. The summed E-state index contributed by atoms with van der Waals surface area (Å²) in [5.41, 5.74) is 1.58. The lowest BCUT2D eigenvalue weighted by atomic mass is 9.80. The molecular formula is C14H25NO. The van der Waals surface area contributed by atoms with Crippen LogP contribution in [0.1, 0.15) is 39.5 Å². The van der Waals surface area contributed by atoms with Crippen LogP contribution in [-0.2, 0) is 4.74 Å². The van der Waals surface area contributed by atoms with E-state index in [0.29, 0.717) is 6.10 Å². The van der Waals surface area contributed by atoms with Crippen molar-refractivity contribution in [1.82, 2.24) is 5.32 Å². The van der Waals surface area contributed by atoms with E-state index in [1.807, 2.05) is 0 Å². The van der Waals surface area contributed by atoms with Crippen molar-refractivity contribution < 1.29 is 4.74 Å². The Morgan fingerprint density at radius 1 is 1.38 bits per heavy atom. The fourth-order valence-electron chi connectivity index (χ4n) is 2.94. The van der Waals surface area contributed by atoms with E-state index in [1.54, 1.807) is 5.57 Å². The van der Waals surface area contributed by atoms with Gasteiger partial charge in [0, 0.05) is 19.7 Å². The van der Waals surface area contributed by atoms with Crippen molar-refractivity contribution in [2.75, 3.05) is 19.7 Å². The van der Waals surface area contributed by atoms with Gasteiger partial charge in [0.1, 0.15) is 0 Å². The first kappa shape index (κ1) is 12.1. The standard InChI is InChI=1S/C14H25NO/c1-11-5-3-6-12(2)14(11)10-15-9-13-7-4-8-16-13/h5,12-15H,3-4,6-10H2,1-2H3/t12-,13+,14+/m0/s1. The molecule has 2 heteroatoms. The Bertz CT molecular complexity index is 243. The van der Waals surface area contributed by atoms with E-state index >= 15 is 0 Å². The number of hydrogen-bond donors (Lipinski definition) is 1. The highest BCUT2D eigenvalue weighted by Crippen LogP contribution is 2.29. The first-order valence-electron chi connectivity index (χ1n) is 6.76. The van der Waals surface area contributed by atoms with Gasteiger partial charge >= 0.3 is 0 Å². The van der Waals surface area contributed by atoms with Gasteiger partial charge < -0.3 is 10.1 Å². The third-order valence-corrected chi connectivity index (χ3v) is 4.12. The molecule has 0 saturated carbocycles. The van der Waals surface area contributed by atoms with Gasteiger partial charge in [-0.15, -0.1) is 0 Å². The molecule has 2 nitrogen and oxygen atoms in total. The third-order valence-electron chi connectivity index (χ3n) is 4.12. The van der Waals surface area contributed by atoms with Crippen LogP contribution in [0.15, 0.2) is 11.6 Å². The van der Waals surface area contributed by atoms with E-state index in [4.69, 9.17) is 4.74 Å². The molecular weight excluding hydrogens is 198 g/mol. The Hall–Kier alpha value is -0.340. The minimum Gasteiger partial charge on any atom is -0.377 e. The molecule has 0 aromatic carbocycles. The zero-order valence-electron chi connectivity index (χ0n) is 10.7. The molecule has 1 aliphatic carbocycles. The normalized spacial score (nSPS) is 35.1. The van der Waals surface area contributed by atoms with E-state index in [-0.39, 0.29) is 0 Å². The lowest BCUT2D eigenvalue weighted by Gasteiger charge is -2.29. The summed E-state index contributed by atoms with van der Waals surface area (Å²) < 4.78 is 5.62. The Kier molecular flexibility index (Phi) is 4.42. The van der Waals surface area contributed by atoms with E-state index < -0.39 is 0 Å². The van der Waals surface area contributed by atoms with Crippen molar-refractivity contribution >= 4 is 0 Å². The molecule has 2 rings (SSSR count).